The number of aliphatic hydroxyl groups is 2. The molecule has 12 atom stereocenters. The molecule has 1 saturated carbocycles. The highest BCUT2D eigenvalue weighted by atomic mass is 33.1. The van der Waals surface area contributed by atoms with E-state index in [0.717, 1.165) is 40.8 Å². The third-order valence-electron chi connectivity index (χ3n) is 21.9. The van der Waals surface area contributed by atoms with Crippen molar-refractivity contribution in [2.75, 3.05) is 68.5 Å². The smallest absolute Gasteiger partial charge is 0.421 e. The van der Waals surface area contributed by atoms with Gasteiger partial charge in [-0.1, -0.05) is 111 Å². The van der Waals surface area contributed by atoms with Crippen LogP contribution in [0.4, 0.5) is 27.9 Å². The molecule has 0 unspecified atom stereocenters. The summed E-state index contributed by atoms with van der Waals surface area (Å²) >= 11 is 0. The van der Waals surface area contributed by atoms with Crippen molar-refractivity contribution in [3.05, 3.63) is 95.8 Å². The fraction of sp³-hybridized carbons (Fsp3) is 0.576. The van der Waals surface area contributed by atoms with E-state index >= 15 is 0 Å². The number of nitrogens with zero attached hydrogens (tertiary/aromatic N) is 6. The van der Waals surface area contributed by atoms with E-state index < -0.39 is 177 Å². The number of sulfonamides is 1. The molecule has 41 nitrogen and oxygen atoms in total. The highest BCUT2D eigenvalue weighted by molar-refractivity contribution is 8.77. The SMILES string of the molecule is Cc1ccc(N(C(=O)OCC2(SSCC(=O)NCC[C@@H](NC(=O)CCCCCC(C)C)C(=O)N[C@H](C(=O)N[C@@H](CCN)C(=O)N[C@H]3CCNC(=O)[C@H]([C@@H](C)O)NC(=O)[C@H](CCN)NC(=O)[C@H](CCN)NC(=O)[C@H](CC(C)C)NC(=O)[C@@H](Cc4ccccc4)NC(=O)[C@H](CCN)NC3=O)[C@@H](C)O)CCC2)c2nccc(N(C)c3ccc4c(C)n(C)nc4c3)n2)cc1S(N)(=O)=O. The molecule has 0 radical (unpaired) electrons. The third-order valence-corrected chi connectivity index (χ3v) is 26.1. The van der Waals surface area contributed by atoms with Crippen molar-refractivity contribution in [1.29, 1.82) is 0 Å². The lowest BCUT2D eigenvalue weighted by molar-refractivity contribution is -0.137. The van der Waals surface area contributed by atoms with Crippen LogP contribution in [-0.2, 0) is 85.8 Å². The molecule has 1 aliphatic carbocycles. The van der Waals surface area contributed by atoms with E-state index in [4.69, 9.17) is 37.8 Å². The van der Waals surface area contributed by atoms with E-state index in [0.29, 0.717) is 54.2 Å². The maximum Gasteiger partial charge on any atom is 0.421 e. The first kappa shape index (κ1) is 105. The summed E-state index contributed by atoms with van der Waals surface area (Å²) in [7, 11) is 1.81. The first-order valence-electron chi connectivity index (χ1n) is 43.4. The standard InChI is InChI=1S/C85H129N23O18S3/c1-48(2)18-13-11-16-21-69(111)94-62(30-39-91-70(112)46-127-128-85(33-17-34-85)47-126-84(123)108(56-23-22-50(5)67(45-56)129(90,124)125)83-93-41-32-68(102-83)106(9)55-24-25-57-51(6)107(10)105-64(57)44-55)78(118)104-72(53(8)110)82(122)99-60(28-37-88)74(114)98-63-31-40-92-81(121)71(52(7)109)103-77(117)61(29-38-89)96-73(113)58(26-35-86)97-79(119)65(42-49(3)4)100-80(120)66(43-54-19-14-12-15-20-54)101-75(115)59(27-36-87)95-76(63)116/h12,14-15,19-20,22-25,32,41,44-45,48-49,52-53,58-63,65-66,71-72,109-110H,11,13,16-18,21,26-31,33-40,42-43,46-47,86-89H2,1-10H3,(H,91,112)(H,92,121)(H,94,111)(H,95,116)(H,96,113)(H,97,119)(H,98,114)(H,99,122)(H,100,120)(H,101,115)(H,103,117)(H,104,118)(H2,90,124,125)/t52-,53-,58+,59+,60+,61+,62-,63+,65+,66-,71+,72+/m1/s1. The summed E-state index contributed by atoms with van der Waals surface area (Å²) in [6, 6.07) is 4.35. The fourth-order valence-electron chi connectivity index (χ4n) is 14.3. The van der Waals surface area contributed by atoms with E-state index in [-0.39, 0.29) is 119 Å². The summed E-state index contributed by atoms with van der Waals surface area (Å²) in [5, 5.41) is 64.5. The summed E-state index contributed by atoms with van der Waals surface area (Å²) in [5.74, 6) is -10.7. The van der Waals surface area contributed by atoms with Crippen LogP contribution in [-0.4, -0.2) is 251 Å². The molecule has 7 rings (SSSR count). The molecule has 13 amide bonds. The number of rotatable bonds is 41. The van der Waals surface area contributed by atoms with Gasteiger partial charge in [-0.25, -0.2) is 28.2 Å². The van der Waals surface area contributed by atoms with Crippen LogP contribution in [0.25, 0.3) is 10.9 Å². The van der Waals surface area contributed by atoms with Crippen molar-refractivity contribution in [3.8, 4) is 0 Å². The van der Waals surface area contributed by atoms with Gasteiger partial charge in [-0.15, -0.1) is 0 Å². The Morgan fingerprint density at radius 2 is 1.26 bits per heavy atom. The van der Waals surface area contributed by atoms with Gasteiger partial charge in [0.15, 0.2) is 0 Å². The van der Waals surface area contributed by atoms with Gasteiger partial charge < -0.3 is 107 Å². The van der Waals surface area contributed by atoms with Gasteiger partial charge in [0, 0.05) is 63.0 Å². The molecular formula is C85H129N23O18S3. The maximum atomic E-state index is 14.9. The first-order chi connectivity index (χ1) is 61.2. The zero-order valence-corrected chi connectivity index (χ0v) is 77.2. The number of anilines is 4. The second kappa shape index (κ2) is 51.0. The predicted molar refractivity (Wildman–Crippen MR) is 488 cm³/mol. The molecule has 5 aromatic rings. The van der Waals surface area contributed by atoms with Crippen LogP contribution in [0.5, 0.6) is 0 Å². The average Bonchev–Trinajstić information content (AvgIpc) is 1.16. The van der Waals surface area contributed by atoms with Crippen molar-refractivity contribution < 1.29 is 85.7 Å². The lowest BCUT2D eigenvalue weighted by Gasteiger charge is -2.40. The normalized spacial score (nSPS) is 19.8. The van der Waals surface area contributed by atoms with Crippen molar-refractivity contribution in [1.82, 2.24) is 83.5 Å². The Hall–Kier alpha value is -10.7. The van der Waals surface area contributed by atoms with Crippen LogP contribution < -0.4 is 102 Å². The van der Waals surface area contributed by atoms with Crippen LogP contribution in [0.2, 0.25) is 0 Å². The number of amides is 13. The molecule has 24 N–H and O–H groups in total. The second-order valence-corrected chi connectivity index (χ2v) is 37.6. The van der Waals surface area contributed by atoms with Gasteiger partial charge >= 0.3 is 6.09 Å². The Balaban J connectivity index is 1.07. The quantitative estimate of drug-likeness (QED) is 0.0179. The van der Waals surface area contributed by atoms with Gasteiger partial charge in [0.25, 0.3) is 0 Å². The summed E-state index contributed by atoms with van der Waals surface area (Å²) < 4.78 is 32.9. The number of carbonyl (C=O) groups excluding carboxylic acids is 13. The minimum absolute atomic E-state index is 0.000813. The van der Waals surface area contributed by atoms with Crippen LogP contribution in [0.15, 0.2) is 83.9 Å². The van der Waals surface area contributed by atoms with Crippen molar-refractivity contribution in [3.63, 3.8) is 0 Å². The van der Waals surface area contributed by atoms with Gasteiger partial charge in [-0.2, -0.15) is 10.1 Å². The number of ether oxygens (including phenoxy) is 1. The second-order valence-electron chi connectivity index (χ2n) is 33.3. The van der Waals surface area contributed by atoms with Crippen molar-refractivity contribution in [2.24, 2.45) is 47.0 Å². The van der Waals surface area contributed by atoms with E-state index in [9.17, 15) is 81.0 Å². The first-order valence-corrected chi connectivity index (χ1v) is 47.3. The number of hydrogen-bond donors (Lipinski definition) is 19. The number of aliphatic hydroxyl groups excluding tert-OH is 2. The molecule has 1 saturated heterocycles. The number of unbranched alkanes of at least 4 members (excludes halogenated alkanes) is 2. The van der Waals surface area contributed by atoms with Gasteiger partial charge in [0.05, 0.1) is 38.8 Å². The molecule has 2 aliphatic rings. The Labute approximate surface area is 759 Å². The van der Waals surface area contributed by atoms with Crippen molar-refractivity contribution in [2.45, 2.75) is 240 Å². The number of primary sulfonamides is 1. The van der Waals surface area contributed by atoms with E-state index in [2.05, 4.69) is 87.7 Å². The molecular weight excluding hydrogens is 1730 g/mol. The summed E-state index contributed by atoms with van der Waals surface area (Å²) in [5.41, 5.74) is 27.2. The number of benzene rings is 3. The number of aryl methyl sites for hydroxylation is 3. The number of nitrogens with one attached hydrogen (secondary N) is 12. The average molecular weight is 1860 g/mol. The Morgan fingerprint density at radius 3 is 1.86 bits per heavy atom. The molecule has 1 aliphatic heterocycles. The molecule has 129 heavy (non-hydrogen) atoms. The van der Waals surface area contributed by atoms with Gasteiger partial charge in [-0.3, -0.25) is 62.2 Å². The van der Waals surface area contributed by atoms with Crippen molar-refractivity contribution >= 4 is 143 Å². The molecule has 2 aromatic heterocycles. The highest BCUT2D eigenvalue weighted by Gasteiger charge is 2.43. The number of hydrogen-bond acceptors (Lipinski definition) is 28. The van der Waals surface area contributed by atoms with Crippen LogP contribution >= 0.6 is 21.6 Å². The van der Waals surface area contributed by atoms with E-state index in [1.54, 1.807) is 73.8 Å². The Morgan fingerprint density at radius 1 is 0.659 bits per heavy atom. The van der Waals surface area contributed by atoms with E-state index in [1.807, 2.05) is 32.2 Å². The lowest BCUT2D eigenvalue weighted by Crippen LogP contribution is -2.62. The van der Waals surface area contributed by atoms with Crippen LogP contribution in [0.3, 0.4) is 0 Å². The van der Waals surface area contributed by atoms with Crippen LogP contribution in [0.1, 0.15) is 155 Å². The zero-order chi connectivity index (χ0) is 95.0. The largest absolute Gasteiger partial charge is 0.447 e. The molecule has 3 heterocycles. The third kappa shape index (κ3) is 32.1. The van der Waals surface area contributed by atoms with Crippen LogP contribution in [0, 0.1) is 25.7 Å². The topological polar surface area (TPSA) is 630 Å². The molecule has 3 aromatic carbocycles. The van der Waals surface area contributed by atoms with E-state index in [1.165, 1.54) is 59.8 Å². The number of carbonyl (C=O) groups is 13. The zero-order valence-electron chi connectivity index (χ0n) is 74.8. The predicted octanol–water partition coefficient (Wildman–Crippen LogP) is -0.0995. The van der Waals surface area contributed by atoms with Gasteiger partial charge in [0.2, 0.25) is 86.9 Å². The number of nitrogens with two attached hydrogens (primary N) is 5. The molecule has 0 spiro atoms. The Bertz CT molecular complexity index is 4790. The molecule has 0 bridgehead atoms. The number of aromatic nitrogens is 4. The maximum absolute atomic E-state index is 14.9. The fourth-order valence-corrected chi connectivity index (χ4v) is 18.1. The minimum Gasteiger partial charge on any atom is -0.447 e. The molecule has 2 fully saturated rings. The molecule has 44 heteroatoms. The highest BCUT2D eigenvalue weighted by Crippen LogP contribution is 2.50. The monoisotopic (exact) mass is 1860 g/mol. The number of fused-ring (bicyclic) bond motifs is 1. The molecule has 710 valence electrons. The Kier molecular flexibility index (Phi) is 41.7. The van der Waals surface area contributed by atoms with Gasteiger partial charge in [0.1, 0.15) is 72.8 Å². The lowest BCUT2D eigenvalue weighted by atomic mass is 9.85. The summed E-state index contributed by atoms with van der Waals surface area (Å²) in [4.78, 5) is 198. The summed E-state index contributed by atoms with van der Waals surface area (Å²) in [6.07, 6.45) is 0.0176. The van der Waals surface area contributed by atoms with Gasteiger partial charge in [-0.05, 0) is 177 Å². The summed E-state index contributed by atoms with van der Waals surface area (Å²) in [6.45, 7) is 11.8. The minimum atomic E-state index is -4.29.